The molecule has 0 bridgehead atoms. The maximum Gasteiger partial charge on any atom is 0.243 e. The summed E-state index contributed by atoms with van der Waals surface area (Å²) in [5.74, 6) is 0.633. The number of aryl methyl sites for hydroxylation is 1. The summed E-state index contributed by atoms with van der Waals surface area (Å²) in [4.78, 5) is 29.0. The van der Waals surface area contributed by atoms with Crippen molar-refractivity contribution in [3.05, 3.63) is 105 Å². The number of nitrogens with zero attached hydrogens (tertiary/aromatic N) is 1. The van der Waals surface area contributed by atoms with Gasteiger partial charge >= 0.3 is 0 Å². The number of hydrogen-bond acceptors (Lipinski definition) is 3. The van der Waals surface area contributed by atoms with E-state index in [1.807, 2.05) is 56.3 Å². The van der Waals surface area contributed by atoms with Gasteiger partial charge in [0.2, 0.25) is 11.8 Å². The molecule has 0 aliphatic rings. The van der Waals surface area contributed by atoms with E-state index >= 15 is 0 Å². The summed E-state index contributed by atoms with van der Waals surface area (Å²) in [5.41, 5.74) is 3.99. The van der Waals surface area contributed by atoms with Crippen LogP contribution >= 0.6 is 35.0 Å². The van der Waals surface area contributed by atoms with Crippen molar-refractivity contribution in [1.82, 2.24) is 10.2 Å². The van der Waals surface area contributed by atoms with E-state index in [0.717, 1.165) is 12.0 Å². The van der Waals surface area contributed by atoms with Crippen molar-refractivity contribution in [3.8, 4) is 0 Å². The first kappa shape index (κ1) is 29.1. The monoisotopic (exact) mass is 556 g/mol. The molecule has 0 aliphatic carbocycles. The van der Waals surface area contributed by atoms with E-state index in [4.69, 9.17) is 23.2 Å². The first-order valence-electron chi connectivity index (χ1n) is 12.5. The summed E-state index contributed by atoms with van der Waals surface area (Å²) < 4.78 is 0. The zero-order valence-electron chi connectivity index (χ0n) is 21.5. The molecule has 2 amide bonds. The van der Waals surface area contributed by atoms with Gasteiger partial charge in [-0.05, 0) is 49.1 Å². The number of thioether (sulfide) groups is 1. The zero-order chi connectivity index (χ0) is 26.8. The molecule has 0 radical (unpaired) electrons. The Morgan fingerprint density at radius 2 is 1.59 bits per heavy atom. The Bertz CT molecular complexity index is 1170. The number of hydrogen-bond donors (Lipinski definition) is 1. The van der Waals surface area contributed by atoms with Crippen molar-refractivity contribution < 1.29 is 9.59 Å². The third kappa shape index (κ3) is 8.53. The Hall–Kier alpha value is -2.47. The fourth-order valence-electron chi connectivity index (χ4n) is 3.95. The number of carbonyl (C=O) groups is 2. The van der Waals surface area contributed by atoms with Crippen LogP contribution in [0.25, 0.3) is 0 Å². The van der Waals surface area contributed by atoms with Gasteiger partial charge < -0.3 is 10.2 Å². The molecule has 196 valence electrons. The highest BCUT2D eigenvalue weighted by Crippen LogP contribution is 2.28. The average Bonchev–Trinajstić information content (AvgIpc) is 2.89. The van der Waals surface area contributed by atoms with E-state index in [-0.39, 0.29) is 30.2 Å². The second-order valence-corrected chi connectivity index (χ2v) is 11.0. The molecule has 3 aromatic rings. The number of benzene rings is 3. The first-order valence-corrected chi connectivity index (χ1v) is 14.4. The van der Waals surface area contributed by atoms with Crippen molar-refractivity contribution >= 4 is 46.8 Å². The summed E-state index contributed by atoms with van der Waals surface area (Å²) in [7, 11) is 0. The second-order valence-electron chi connectivity index (χ2n) is 9.16. The lowest BCUT2D eigenvalue weighted by atomic mass is 10.0. The molecule has 0 heterocycles. The molecule has 1 N–H and O–H groups in total. The van der Waals surface area contributed by atoms with Gasteiger partial charge in [0.15, 0.2) is 0 Å². The lowest BCUT2D eigenvalue weighted by molar-refractivity contribution is -0.139. The molecule has 3 rings (SSSR count). The van der Waals surface area contributed by atoms with E-state index in [2.05, 4.69) is 24.4 Å². The molecule has 0 aromatic heterocycles. The maximum atomic E-state index is 13.8. The van der Waals surface area contributed by atoms with Gasteiger partial charge in [0.05, 0.1) is 5.75 Å². The van der Waals surface area contributed by atoms with Gasteiger partial charge in [-0.3, -0.25) is 9.59 Å². The van der Waals surface area contributed by atoms with E-state index < -0.39 is 6.04 Å². The topological polar surface area (TPSA) is 49.4 Å². The molecule has 0 aliphatic heterocycles. The Kier molecular flexibility index (Phi) is 11.4. The van der Waals surface area contributed by atoms with Crippen molar-refractivity contribution in [2.45, 2.75) is 58.0 Å². The van der Waals surface area contributed by atoms with Crippen LogP contribution in [0.15, 0.2) is 72.8 Å². The quantitative estimate of drug-likeness (QED) is 0.259. The van der Waals surface area contributed by atoms with Crippen LogP contribution in [0.1, 0.15) is 42.5 Å². The van der Waals surface area contributed by atoms with Crippen molar-refractivity contribution in [2.24, 2.45) is 0 Å². The molecule has 0 saturated heterocycles. The van der Waals surface area contributed by atoms with Gasteiger partial charge in [-0.2, -0.15) is 0 Å². The van der Waals surface area contributed by atoms with Crippen LogP contribution in [0.3, 0.4) is 0 Å². The zero-order valence-corrected chi connectivity index (χ0v) is 23.9. The largest absolute Gasteiger partial charge is 0.352 e. The molecule has 2 atom stereocenters. The third-order valence-electron chi connectivity index (χ3n) is 6.41. The highest BCUT2D eigenvalue weighted by molar-refractivity contribution is 7.99. The second kappa shape index (κ2) is 14.5. The van der Waals surface area contributed by atoms with Crippen LogP contribution in [0, 0.1) is 6.92 Å². The van der Waals surface area contributed by atoms with E-state index in [1.165, 1.54) is 11.1 Å². The molecule has 3 aromatic carbocycles. The number of rotatable bonds is 12. The summed E-state index contributed by atoms with van der Waals surface area (Å²) in [6.45, 7) is 6.20. The van der Waals surface area contributed by atoms with E-state index in [1.54, 1.807) is 34.9 Å². The predicted molar refractivity (Wildman–Crippen MR) is 156 cm³/mol. The summed E-state index contributed by atoms with van der Waals surface area (Å²) >= 11 is 14.5. The minimum absolute atomic E-state index is 0.0120. The lowest BCUT2D eigenvalue weighted by Gasteiger charge is -2.32. The third-order valence-corrected chi connectivity index (χ3v) is 8.08. The van der Waals surface area contributed by atoms with Crippen LogP contribution in [0.5, 0.6) is 0 Å². The molecule has 37 heavy (non-hydrogen) atoms. The van der Waals surface area contributed by atoms with Crippen LogP contribution in [-0.2, 0) is 28.3 Å². The van der Waals surface area contributed by atoms with Crippen LogP contribution in [0.2, 0.25) is 10.0 Å². The number of halogens is 2. The Morgan fingerprint density at radius 1 is 0.946 bits per heavy atom. The molecule has 7 heteroatoms. The number of carbonyl (C=O) groups excluding carboxylic acids is 2. The molecule has 4 nitrogen and oxygen atoms in total. The van der Waals surface area contributed by atoms with Crippen LogP contribution in [-0.4, -0.2) is 34.6 Å². The molecule has 0 fully saturated rings. The summed E-state index contributed by atoms with van der Waals surface area (Å²) in [6, 6.07) is 22.5. The normalized spacial score (nSPS) is 12.6. The number of amides is 2. The fraction of sp³-hybridized carbons (Fsp3) is 0.333. The molecular formula is C30H34Cl2N2O2S. The average molecular weight is 558 g/mol. The minimum Gasteiger partial charge on any atom is -0.352 e. The van der Waals surface area contributed by atoms with Crippen LogP contribution < -0.4 is 5.32 Å². The highest BCUT2D eigenvalue weighted by atomic mass is 35.5. The van der Waals surface area contributed by atoms with Gasteiger partial charge in [0.1, 0.15) is 6.04 Å². The smallest absolute Gasteiger partial charge is 0.243 e. The molecule has 2 unspecified atom stereocenters. The summed E-state index contributed by atoms with van der Waals surface area (Å²) in [5, 5.41) is 4.03. The van der Waals surface area contributed by atoms with Gasteiger partial charge in [0.25, 0.3) is 0 Å². The van der Waals surface area contributed by atoms with Gasteiger partial charge in [0, 0.05) is 40.4 Å². The molecular weight excluding hydrogens is 523 g/mol. The SMILES string of the molecule is CCC(C)NC(=O)C(Cc1ccccc1)N(Cc1c(Cl)cccc1Cl)C(=O)CSCc1ccccc1C. The van der Waals surface area contributed by atoms with Crippen molar-refractivity contribution in [1.29, 1.82) is 0 Å². The van der Waals surface area contributed by atoms with Crippen molar-refractivity contribution in [2.75, 3.05) is 5.75 Å². The van der Waals surface area contributed by atoms with Crippen LogP contribution in [0.4, 0.5) is 0 Å². The van der Waals surface area contributed by atoms with Gasteiger partial charge in [-0.15, -0.1) is 11.8 Å². The van der Waals surface area contributed by atoms with E-state index in [9.17, 15) is 9.59 Å². The first-order chi connectivity index (χ1) is 17.8. The standard InChI is InChI=1S/C30H34Cl2N2O2S/c1-4-22(3)33-30(36)28(17-23-12-6-5-7-13-23)34(18-25-26(31)15-10-16-27(25)32)29(35)20-37-19-24-14-9-8-11-21(24)2/h5-16,22,28H,4,17-20H2,1-3H3,(H,33,36). The Balaban J connectivity index is 1.91. The maximum absolute atomic E-state index is 13.8. The summed E-state index contributed by atoms with van der Waals surface area (Å²) in [6.07, 6.45) is 1.18. The molecule has 0 saturated carbocycles. The predicted octanol–water partition coefficient (Wildman–Crippen LogP) is 7.09. The van der Waals surface area contributed by atoms with Gasteiger partial charge in [-0.25, -0.2) is 0 Å². The lowest BCUT2D eigenvalue weighted by Crippen LogP contribution is -2.52. The number of nitrogens with one attached hydrogen (secondary N) is 1. The van der Waals surface area contributed by atoms with Crippen molar-refractivity contribution in [3.63, 3.8) is 0 Å². The molecule has 0 spiro atoms. The van der Waals surface area contributed by atoms with E-state index in [0.29, 0.717) is 27.8 Å². The fourth-order valence-corrected chi connectivity index (χ4v) is 5.46. The minimum atomic E-state index is -0.713. The highest BCUT2D eigenvalue weighted by Gasteiger charge is 2.31. The Morgan fingerprint density at radius 3 is 2.24 bits per heavy atom. The van der Waals surface area contributed by atoms with Gasteiger partial charge in [-0.1, -0.05) is 90.8 Å². The Labute approximate surface area is 234 Å².